The molecule has 0 aliphatic heterocycles. The Morgan fingerprint density at radius 1 is 1.04 bits per heavy atom. The third-order valence-electron chi connectivity index (χ3n) is 4.09. The molecule has 2 aromatic rings. The molecule has 0 saturated carbocycles. The Kier molecular flexibility index (Phi) is 6.53. The van der Waals surface area contributed by atoms with Gasteiger partial charge in [0.1, 0.15) is 5.60 Å². The Labute approximate surface area is 143 Å². The average Bonchev–Trinajstić information content (AvgIpc) is 2.61. The van der Waals surface area contributed by atoms with E-state index in [1.165, 1.54) is 5.56 Å². The van der Waals surface area contributed by atoms with Crippen molar-refractivity contribution < 1.29 is 14.6 Å². The second kappa shape index (κ2) is 8.62. The van der Waals surface area contributed by atoms with E-state index in [0.29, 0.717) is 5.56 Å². The molecule has 0 aliphatic rings. The molecule has 0 spiro atoms. The van der Waals surface area contributed by atoms with E-state index in [0.717, 1.165) is 13.0 Å². The fraction of sp³-hybridized carbons (Fsp3) is 0.350. The molecule has 0 saturated heterocycles. The Bertz CT molecular complexity index is 626. The molecule has 1 N–H and O–H groups in total. The van der Waals surface area contributed by atoms with Crippen LogP contribution in [-0.2, 0) is 16.2 Å². The van der Waals surface area contributed by atoms with E-state index in [-0.39, 0.29) is 6.04 Å². The van der Waals surface area contributed by atoms with Gasteiger partial charge in [0, 0.05) is 6.04 Å². The molecule has 0 radical (unpaired) electrons. The summed E-state index contributed by atoms with van der Waals surface area (Å²) >= 11 is 0. The Hall–Kier alpha value is -2.17. The summed E-state index contributed by atoms with van der Waals surface area (Å²) in [5.74, 6) is -0.486. The molecule has 0 bridgehead atoms. The minimum atomic E-state index is -0.638. The highest BCUT2D eigenvalue weighted by atomic mass is 17.2. The summed E-state index contributed by atoms with van der Waals surface area (Å²) in [4.78, 5) is 22.3. The molecule has 2 rings (SSSR count). The minimum absolute atomic E-state index is 0.0183. The predicted molar refractivity (Wildman–Crippen MR) is 94.6 cm³/mol. The fourth-order valence-corrected chi connectivity index (χ4v) is 2.16. The Morgan fingerprint density at radius 3 is 2.25 bits per heavy atom. The van der Waals surface area contributed by atoms with Gasteiger partial charge in [-0.3, -0.25) is 4.89 Å². The number of carbonyl (C=O) groups excluding carboxylic acids is 1. The van der Waals surface area contributed by atoms with Crippen LogP contribution < -0.4 is 5.32 Å². The van der Waals surface area contributed by atoms with Gasteiger partial charge in [0.2, 0.25) is 0 Å². The first-order chi connectivity index (χ1) is 11.5. The number of hydrogen-bond donors (Lipinski definition) is 1. The maximum atomic E-state index is 11.9. The fourth-order valence-electron chi connectivity index (χ4n) is 2.16. The molecule has 24 heavy (non-hydrogen) atoms. The normalized spacial score (nSPS) is 12.6. The summed E-state index contributed by atoms with van der Waals surface area (Å²) in [7, 11) is 0. The lowest BCUT2D eigenvalue weighted by atomic mass is 10.0. The molecular weight excluding hydrogens is 302 g/mol. The van der Waals surface area contributed by atoms with Crippen molar-refractivity contribution in [2.24, 2.45) is 0 Å². The van der Waals surface area contributed by atoms with Crippen molar-refractivity contribution in [3.8, 4) is 0 Å². The number of nitrogens with one attached hydrogen (secondary N) is 1. The zero-order valence-corrected chi connectivity index (χ0v) is 14.5. The molecule has 0 amide bonds. The number of benzene rings is 2. The highest BCUT2D eigenvalue weighted by molar-refractivity contribution is 5.88. The monoisotopic (exact) mass is 327 g/mol. The van der Waals surface area contributed by atoms with Crippen molar-refractivity contribution in [3.63, 3.8) is 0 Å². The minimum Gasteiger partial charge on any atom is -0.311 e. The van der Waals surface area contributed by atoms with Crippen LogP contribution in [0.15, 0.2) is 60.7 Å². The predicted octanol–water partition coefficient (Wildman–Crippen LogP) is 3.77. The molecule has 4 heteroatoms. The van der Waals surface area contributed by atoms with Crippen LogP contribution in [0.2, 0.25) is 0 Å². The molecule has 4 nitrogen and oxygen atoms in total. The standard InChI is InChI=1S/C20H25NO3/c1-16(21-15-14-17-10-6-4-7-11-17)20(2,3)24-23-19(22)18-12-8-5-9-13-18/h4-13,16,21H,14-15H2,1-3H3. The second-order valence-electron chi connectivity index (χ2n) is 6.34. The van der Waals surface area contributed by atoms with Crippen LogP contribution in [0.4, 0.5) is 0 Å². The quantitative estimate of drug-likeness (QED) is 0.592. The van der Waals surface area contributed by atoms with Crippen LogP contribution in [0.1, 0.15) is 36.7 Å². The van der Waals surface area contributed by atoms with E-state index >= 15 is 0 Å². The van der Waals surface area contributed by atoms with Crippen LogP contribution in [0.5, 0.6) is 0 Å². The number of hydrogen-bond acceptors (Lipinski definition) is 4. The van der Waals surface area contributed by atoms with Crippen molar-refractivity contribution in [2.75, 3.05) is 6.54 Å². The number of carbonyl (C=O) groups is 1. The van der Waals surface area contributed by atoms with Crippen molar-refractivity contribution in [1.82, 2.24) is 5.32 Å². The lowest BCUT2D eigenvalue weighted by Crippen LogP contribution is -2.47. The first-order valence-electron chi connectivity index (χ1n) is 8.21. The van der Waals surface area contributed by atoms with Crippen molar-refractivity contribution in [2.45, 2.75) is 38.8 Å². The maximum Gasteiger partial charge on any atom is 0.373 e. The summed E-state index contributed by atoms with van der Waals surface area (Å²) in [6.45, 7) is 6.63. The van der Waals surface area contributed by atoms with Crippen LogP contribution in [-0.4, -0.2) is 24.2 Å². The molecule has 0 aromatic heterocycles. The lowest BCUT2D eigenvalue weighted by molar-refractivity contribution is -0.312. The smallest absolute Gasteiger partial charge is 0.311 e. The highest BCUT2D eigenvalue weighted by Gasteiger charge is 2.29. The summed E-state index contributed by atoms with van der Waals surface area (Å²) in [5, 5.41) is 3.42. The van der Waals surface area contributed by atoms with E-state index < -0.39 is 11.6 Å². The van der Waals surface area contributed by atoms with Gasteiger partial charge in [-0.2, -0.15) is 4.89 Å². The van der Waals surface area contributed by atoms with E-state index in [2.05, 4.69) is 17.4 Å². The first kappa shape index (κ1) is 18.2. The van der Waals surface area contributed by atoms with Gasteiger partial charge < -0.3 is 5.32 Å². The molecule has 0 aliphatic carbocycles. The number of rotatable bonds is 8. The van der Waals surface area contributed by atoms with Gasteiger partial charge >= 0.3 is 5.97 Å². The lowest BCUT2D eigenvalue weighted by Gasteiger charge is -2.30. The van der Waals surface area contributed by atoms with Gasteiger partial charge in [0.25, 0.3) is 0 Å². The summed E-state index contributed by atoms with van der Waals surface area (Å²) in [6.07, 6.45) is 0.936. The largest absolute Gasteiger partial charge is 0.373 e. The van der Waals surface area contributed by atoms with Crippen molar-refractivity contribution in [3.05, 3.63) is 71.8 Å². The van der Waals surface area contributed by atoms with Gasteiger partial charge in [0.15, 0.2) is 0 Å². The topological polar surface area (TPSA) is 47.6 Å². The Balaban J connectivity index is 1.77. The van der Waals surface area contributed by atoms with Crippen LogP contribution in [0, 0.1) is 0 Å². The molecular formula is C20H25NO3. The SMILES string of the molecule is CC(NCCc1ccccc1)C(C)(C)OOC(=O)c1ccccc1. The van der Waals surface area contributed by atoms with Gasteiger partial charge in [0.05, 0.1) is 5.56 Å². The molecule has 1 unspecified atom stereocenters. The van der Waals surface area contributed by atoms with Gasteiger partial charge in [-0.05, 0) is 51.4 Å². The molecule has 2 aromatic carbocycles. The summed E-state index contributed by atoms with van der Waals surface area (Å²) in [6, 6.07) is 19.1. The van der Waals surface area contributed by atoms with Gasteiger partial charge in [-0.25, -0.2) is 4.79 Å². The van der Waals surface area contributed by atoms with E-state index in [1.807, 2.05) is 45.0 Å². The summed E-state index contributed by atoms with van der Waals surface area (Å²) < 4.78 is 0. The molecule has 128 valence electrons. The van der Waals surface area contributed by atoms with Gasteiger partial charge in [-0.15, -0.1) is 0 Å². The maximum absolute atomic E-state index is 11.9. The molecule has 0 heterocycles. The molecule has 0 fully saturated rings. The highest BCUT2D eigenvalue weighted by Crippen LogP contribution is 2.16. The van der Waals surface area contributed by atoms with Crippen molar-refractivity contribution in [1.29, 1.82) is 0 Å². The third-order valence-corrected chi connectivity index (χ3v) is 4.09. The van der Waals surface area contributed by atoms with Crippen LogP contribution in [0.25, 0.3) is 0 Å². The molecule has 1 atom stereocenters. The zero-order valence-electron chi connectivity index (χ0n) is 14.5. The summed E-state index contributed by atoms with van der Waals surface area (Å²) in [5.41, 5.74) is 1.12. The van der Waals surface area contributed by atoms with Crippen LogP contribution >= 0.6 is 0 Å². The average molecular weight is 327 g/mol. The third kappa shape index (κ3) is 5.48. The van der Waals surface area contributed by atoms with E-state index in [1.54, 1.807) is 24.3 Å². The Morgan fingerprint density at radius 2 is 1.62 bits per heavy atom. The van der Waals surface area contributed by atoms with E-state index in [4.69, 9.17) is 9.78 Å². The van der Waals surface area contributed by atoms with Gasteiger partial charge in [-0.1, -0.05) is 48.5 Å². The van der Waals surface area contributed by atoms with Crippen molar-refractivity contribution >= 4 is 5.97 Å². The van der Waals surface area contributed by atoms with Crippen LogP contribution in [0.3, 0.4) is 0 Å². The first-order valence-corrected chi connectivity index (χ1v) is 8.21. The van der Waals surface area contributed by atoms with E-state index in [9.17, 15) is 4.79 Å². The zero-order chi connectivity index (χ0) is 17.4. The second-order valence-corrected chi connectivity index (χ2v) is 6.34.